The lowest BCUT2D eigenvalue weighted by Gasteiger charge is -2.31. The maximum Gasteiger partial charge on any atom is 0.416 e. The number of alkyl halides is 3. The number of nitrogens with zero attached hydrogens (tertiary/aromatic N) is 2. The molecule has 0 aliphatic carbocycles. The van der Waals surface area contributed by atoms with Crippen LogP contribution in [0.3, 0.4) is 0 Å². The SMILES string of the molecule is Cc1c(NC[C@@H]2CCC[C@H](c3ccc(C(F)(F)F)cc3)O2)ncnc1C(=O)O. The number of hydrogen-bond donors (Lipinski definition) is 2. The zero-order valence-electron chi connectivity index (χ0n) is 15.2. The second kappa shape index (κ2) is 8.14. The highest BCUT2D eigenvalue weighted by Gasteiger charge is 2.31. The molecule has 2 aromatic rings. The van der Waals surface area contributed by atoms with E-state index < -0.39 is 17.7 Å². The van der Waals surface area contributed by atoms with E-state index in [0.717, 1.165) is 31.4 Å². The van der Waals surface area contributed by atoms with Gasteiger partial charge >= 0.3 is 12.1 Å². The van der Waals surface area contributed by atoms with Crippen molar-refractivity contribution in [2.24, 2.45) is 0 Å². The summed E-state index contributed by atoms with van der Waals surface area (Å²) in [6.07, 6.45) is -1.21. The molecule has 28 heavy (non-hydrogen) atoms. The van der Waals surface area contributed by atoms with Crippen molar-refractivity contribution in [2.45, 2.75) is 44.6 Å². The van der Waals surface area contributed by atoms with Crippen molar-refractivity contribution in [3.63, 3.8) is 0 Å². The molecule has 0 radical (unpaired) electrons. The van der Waals surface area contributed by atoms with Crippen LogP contribution in [0.15, 0.2) is 30.6 Å². The molecule has 2 atom stereocenters. The summed E-state index contributed by atoms with van der Waals surface area (Å²) >= 11 is 0. The first-order chi connectivity index (χ1) is 13.3. The summed E-state index contributed by atoms with van der Waals surface area (Å²) in [6.45, 7) is 2.03. The standard InChI is InChI=1S/C19H20F3N3O3/c1-11-16(18(26)27)24-10-25-17(11)23-9-14-3-2-4-15(28-14)12-5-7-13(8-6-12)19(20,21)22/h5-8,10,14-15H,2-4,9H2,1H3,(H,26,27)(H,23,24,25)/t14-,15+/m0/s1. The van der Waals surface area contributed by atoms with Crippen molar-refractivity contribution in [3.8, 4) is 0 Å². The highest BCUT2D eigenvalue weighted by molar-refractivity contribution is 5.88. The average Bonchev–Trinajstić information content (AvgIpc) is 2.66. The summed E-state index contributed by atoms with van der Waals surface area (Å²) in [4.78, 5) is 19.0. The van der Waals surface area contributed by atoms with Gasteiger partial charge in [0.15, 0.2) is 5.69 Å². The zero-order chi connectivity index (χ0) is 20.3. The molecule has 6 nitrogen and oxygen atoms in total. The molecule has 0 spiro atoms. The van der Waals surface area contributed by atoms with Gasteiger partial charge in [-0.1, -0.05) is 12.1 Å². The predicted molar refractivity (Wildman–Crippen MR) is 95.1 cm³/mol. The Kier molecular flexibility index (Phi) is 5.83. The second-order valence-electron chi connectivity index (χ2n) is 6.68. The largest absolute Gasteiger partial charge is 0.476 e. The maximum absolute atomic E-state index is 12.7. The van der Waals surface area contributed by atoms with Crippen LogP contribution < -0.4 is 5.32 Å². The minimum atomic E-state index is -4.36. The van der Waals surface area contributed by atoms with Gasteiger partial charge in [0.05, 0.1) is 17.8 Å². The van der Waals surface area contributed by atoms with Crippen LogP contribution in [0.2, 0.25) is 0 Å². The Morgan fingerprint density at radius 3 is 2.61 bits per heavy atom. The number of aromatic nitrogens is 2. The summed E-state index contributed by atoms with van der Waals surface area (Å²) in [5.41, 5.74) is 0.401. The average molecular weight is 395 g/mol. The Hall–Kier alpha value is -2.68. The number of benzene rings is 1. The van der Waals surface area contributed by atoms with Gasteiger partial charge in [0, 0.05) is 12.1 Å². The van der Waals surface area contributed by atoms with E-state index in [-0.39, 0.29) is 17.9 Å². The molecule has 1 fully saturated rings. The fraction of sp³-hybridized carbons (Fsp3) is 0.421. The van der Waals surface area contributed by atoms with Crippen LogP contribution in [0.25, 0.3) is 0 Å². The van der Waals surface area contributed by atoms with Crippen molar-refractivity contribution in [1.82, 2.24) is 9.97 Å². The number of halogens is 3. The Labute approximate surface area is 159 Å². The lowest BCUT2D eigenvalue weighted by molar-refractivity contribution is -0.137. The van der Waals surface area contributed by atoms with Gasteiger partial charge < -0.3 is 15.2 Å². The monoisotopic (exact) mass is 395 g/mol. The number of carbonyl (C=O) groups is 1. The van der Waals surface area contributed by atoms with Gasteiger partial charge in [-0.25, -0.2) is 14.8 Å². The van der Waals surface area contributed by atoms with E-state index in [9.17, 15) is 18.0 Å². The van der Waals surface area contributed by atoms with Crippen molar-refractivity contribution in [1.29, 1.82) is 0 Å². The van der Waals surface area contributed by atoms with Gasteiger partial charge in [-0.3, -0.25) is 0 Å². The number of carboxylic acid groups (broad SMARTS) is 1. The number of ether oxygens (including phenoxy) is 1. The van der Waals surface area contributed by atoms with Crippen LogP contribution in [0.5, 0.6) is 0 Å². The van der Waals surface area contributed by atoms with E-state index >= 15 is 0 Å². The summed E-state index contributed by atoms with van der Waals surface area (Å²) < 4.78 is 44.2. The highest BCUT2D eigenvalue weighted by Crippen LogP contribution is 2.34. The van der Waals surface area contributed by atoms with Crippen LogP contribution in [-0.2, 0) is 10.9 Å². The molecule has 1 saturated heterocycles. The summed E-state index contributed by atoms with van der Waals surface area (Å²) in [5, 5.41) is 12.2. The lowest BCUT2D eigenvalue weighted by atomic mass is 9.97. The van der Waals surface area contributed by atoms with Crippen LogP contribution in [0.4, 0.5) is 19.0 Å². The van der Waals surface area contributed by atoms with Crippen LogP contribution in [0, 0.1) is 6.92 Å². The minimum absolute atomic E-state index is 0.0651. The van der Waals surface area contributed by atoms with E-state index in [1.165, 1.54) is 18.5 Å². The number of anilines is 1. The van der Waals surface area contributed by atoms with E-state index in [2.05, 4.69) is 15.3 Å². The van der Waals surface area contributed by atoms with E-state index in [1.54, 1.807) is 6.92 Å². The van der Waals surface area contributed by atoms with Gasteiger partial charge in [-0.2, -0.15) is 13.2 Å². The molecule has 2 heterocycles. The number of hydrogen-bond acceptors (Lipinski definition) is 5. The molecular formula is C19H20F3N3O3. The molecule has 0 unspecified atom stereocenters. The van der Waals surface area contributed by atoms with Gasteiger partial charge in [0.1, 0.15) is 12.1 Å². The fourth-order valence-electron chi connectivity index (χ4n) is 3.24. The molecule has 150 valence electrons. The van der Waals surface area contributed by atoms with Gasteiger partial charge in [0.25, 0.3) is 0 Å². The number of carboxylic acids is 1. The smallest absolute Gasteiger partial charge is 0.416 e. The normalized spacial score (nSPS) is 20.0. The van der Waals surface area contributed by atoms with Crippen LogP contribution in [0.1, 0.15) is 52.5 Å². The molecule has 9 heteroatoms. The van der Waals surface area contributed by atoms with Crippen LogP contribution in [-0.4, -0.2) is 33.7 Å². The van der Waals surface area contributed by atoms with Crippen molar-refractivity contribution in [2.75, 3.05) is 11.9 Å². The Balaban J connectivity index is 1.63. The van der Waals surface area contributed by atoms with Crippen molar-refractivity contribution >= 4 is 11.8 Å². The van der Waals surface area contributed by atoms with Gasteiger partial charge in [-0.05, 0) is 43.9 Å². The molecule has 1 aliphatic rings. The summed E-state index contributed by atoms with van der Waals surface area (Å²) in [5.74, 6) is -0.702. The van der Waals surface area contributed by atoms with Crippen LogP contribution >= 0.6 is 0 Å². The number of aromatic carboxylic acids is 1. The molecule has 1 aromatic carbocycles. The minimum Gasteiger partial charge on any atom is -0.476 e. The highest BCUT2D eigenvalue weighted by atomic mass is 19.4. The molecule has 1 aliphatic heterocycles. The van der Waals surface area contributed by atoms with E-state index in [4.69, 9.17) is 9.84 Å². The molecule has 0 bridgehead atoms. The summed E-state index contributed by atoms with van der Waals surface area (Å²) in [7, 11) is 0. The third kappa shape index (κ3) is 4.59. The molecule has 0 saturated carbocycles. The number of rotatable bonds is 5. The van der Waals surface area contributed by atoms with Gasteiger partial charge in [-0.15, -0.1) is 0 Å². The molecule has 0 amide bonds. The molecule has 2 N–H and O–H groups in total. The lowest BCUT2D eigenvalue weighted by Crippen LogP contribution is -2.29. The van der Waals surface area contributed by atoms with E-state index in [0.29, 0.717) is 23.5 Å². The first-order valence-electron chi connectivity index (χ1n) is 8.87. The molecular weight excluding hydrogens is 375 g/mol. The maximum atomic E-state index is 12.7. The Morgan fingerprint density at radius 2 is 1.96 bits per heavy atom. The third-order valence-electron chi connectivity index (χ3n) is 4.74. The third-order valence-corrected chi connectivity index (χ3v) is 4.74. The molecule has 1 aromatic heterocycles. The Morgan fingerprint density at radius 1 is 1.25 bits per heavy atom. The van der Waals surface area contributed by atoms with Crippen molar-refractivity contribution < 1.29 is 27.8 Å². The van der Waals surface area contributed by atoms with Crippen molar-refractivity contribution in [3.05, 3.63) is 53.0 Å². The topological polar surface area (TPSA) is 84.3 Å². The van der Waals surface area contributed by atoms with Gasteiger partial charge in [0.2, 0.25) is 0 Å². The first kappa shape index (κ1) is 20.1. The second-order valence-corrected chi connectivity index (χ2v) is 6.68. The predicted octanol–water partition coefficient (Wildman–Crippen LogP) is 4.22. The molecule has 3 rings (SSSR count). The first-order valence-corrected chi connectivity index (χ1v) is 8.87. The number of nitrogens with one attached hydrogen (secondary N) is 1. The zero-order valence-corrected chi connectivity index (χ0v) is 15.2. The van der Waals surface area contributed by atoms with E-state index in [1.807, 2.05) is 0 Å². The quantitative estimate of drug-likeness (QED) is 0.789. The summed E-state index contributed by atoms with van der Waals surface area (Å²) in [6, 6.07) is 5.05. The Bertz CT molecular complexity index is 841. The fourth-order valence-corrected chi connectivity index (χ4v) is 3.24.